The Morgan fingerprint density at radius 2 is 2.05 bits per heavy atom. The number of ether oxygens (including phenoxy) is 1. The highest BCUT2D eigenvalue weighted by Gasteiger charge is 2.16. The first kappa shape index (κ1) is 14.9. The van der Waals surface area contributed by atoms with Crippen LogP contribution in [0.1, 0.15) is 11.1 Å². The number of nitro benzene ring substituents is 1. The van der Waals surface area contributed by atoms with Crippen molar-refractivity contribution in [2.24, 2.45) is 0 Å². The Hall–Kier alpha value is -2.47. The third kappa shape index (κ3) is 3.76. The van der Waals surface area contributed by atoms with Gasteiger partial charge in [0.15, 0.2) is 0 Å². The van der Waals surface area contributed by atoms with Gasteiger partial charge in [-0.3, -0.25) is 10.1 Å². The van der Waals surface area contributed by atoms with E-state index in [9.17, 15) is 14.5 Å². The van der Waals surface area contributed by atoms with Crippen molar-refractivity contribution in [3.63, 3.8) is 0 Å². The molecule has 6 heteroatoms. The van der Waals surface area contributed by atoms with Crippen molar-refractivity contribution >= 4 is 5.69 Å². The largest absolute Gasteiger partial charge is 0.450 e. The molecule has 0 aliphatic rings. The number of halogens is 1. The topological polar surface area (TPSA) is 64.4 Å². The number of hydrogen-bond donors (Lipinski definition) is 1. The molecule has 0 radical (unpaired) electrons. The summed E-state index contributed by atoms with van der Waals surface area (Å²) in [7, 11) is 1.75. The van der Waals surface area contributed by atoms with Gasteiger partial charge in [-0.15, -0.1) is 0 Å². The van der Waals surface area contributed by atoms with Crippen molar-refractivity contribution in [3.05, 3.63) is 63.5 Å². The standard InChI is InChI=1S/C15H15FN2O3/c1-10-3-4-15(14(5-10)18(19)20)21-13-7-11(9-17-2)6-12(16)8-13/h3-8,17H,9H2,1-2H3. The van der Waals surface area contributed by atoms with Crippen molar-refractivity contribution in [1.29, 1.82) is 0 Å². The van der Waals surface area contributed by atoms with E-state index in [1.807, 2.05) is 0 Å². The first-order valence-electron chi connectivity index (χ1n) is 6.36. The molecule has 2 rings (SSSR count). The number of aryl methyl sites for hydroxylation is 1. The summed E-state index contributed by atoms with van der Waals surface area (Å²) in [5.74, 6) is -0.133. The Morgan fingerprint density at radius 3 is 2.71 bits per heavy atom. The smallest absolute Gasteiger partial charge is 0.311 e. The normalized spacial score (nSPS) is 10.4. The maximum absolute atomic E-state index is 13.5. The number of hydrogen-bond acceptors (Lipinski definition) is 4. The molecule has 0 aliphatic heterocycles. The van der Waals surface area contributed by atoms with Crippen molar-refractivity contribution in [1.82, 2.24) is 5.32 Å². The van der Waals surface area contributed by atoms with Gasteiger partial charge < -0.3 is 10.1 Å². The van der Waals surface area contributed by atoms with E-state index in [1.54, 1.807) is 26.1 Å². The summed E-state index contributed by atoms with van der Waals surface area (Å²) in [6.07, 6.45) is 0. The molecule has 0 bridgehead atoms. The van der Waals surface area contributed by atoms with Gasteiger partial charge in [0.2, 0.25) is 5.75 Å². The van der Waals surface area contributed by atoms with E-state index in [0.717, 1.165) is 5.56 Å². The third-order valence-electron chi connectivity index (χ3n) is 2.85. The zero-order valence-corrected chi connectivity index (χ0v) is 11.7. The Balaban J connectivity index is 2.36. The number of nitrogens with one attached hydrogen (secondary N) is 1. The van der Waals surface area contributed by atoms with Crippen LogP contribution in [0.4, 0.5) is 10.1 Å². The predicted molar refractivity (Wildman–Crippen MR) is 77.1 cm³/mol. The second kappa shape index (κ2) is 6.32. The van der Waals surface area contributed by atoms with Crippen LogP contribution in [-0.2, 0) is 6.54 Å². The van der Waals surface area contributed by atoms with Gasteiger partial charge in [0.25, 0.3) is 0 Å². The third-order valence-corrected chi connectivity index (χ3v) is 2.85. The van der Waals surface area contributed by atoms with Gasteiger partial charge in [0.05, 0.1) is 4.92 Å². The van der Waals surface area contributed by atoms with Gasteiger partial charge in [-0.2, -0.15) is 0 Å². The van der Waals surface area contributed by atoms with Crippen LogP contribution in [-0.4, -0.2) is 12.0 Å². The minimum Gasteiger partial charge on any atom is -0.450 e. The molecule has 0 aliphatic carbocycles. The fourth-order valence-corrected chi connectivity index (χ4v) is 1.97. The molecule has 0 aromatic heterocycles. The van der Waals surface area contributed by atoms with Crippen molar-refractivity contribution in [2.75, 3.05) is 7.05 Å². The molecule has 0 spiro atoms. The van der Waals surface area contributed by atoms with E-state index in [2.05, 4.69) is 5.32 Å². The lowest BCUT2D eigenvalue weighted by molar-refractivity contribution is -0.385. The van der Waals surface area contributed by atoms with Crippen LogP contribution < -0.4 is 10.1 Å². The average molecular weight is 290 g/mol. The summed E-state index contributed by atoms with van der Waals surface area (Å²) >= 11 is 0. The average Bonchev–Trinajstić information content (AvgIpc) is 2.40. The quantitative estimate of drug-likeness (QED) is 0.675. The van der Waals surface area contributed by atoms with Crippen LogP contribution in [0.15, 0.2) is 36.4 Å². The molecule has 21 heavy (non-hydrogen) atoms. The van der Waals surface area contributed by atoms with Crippen LogP contribution in [0, 0.1) is 22.9 Å². The Labute approximate surface area is 121 Å². The molecule has 0 unspecified atom stereocenters. The maximum Gasteiger partial charge on any atom is 0.311 e. The molecule has 0 saturated heterocycles. The monoisotopic (exact) mass is 290 g/mol. The summed E-state index contributed by atoms with van der Waals surface area (Å²) in [6.45, 7) is 2.23. The molecule has 0 amide bonds. The lowest BCUT2D eigenvalue weighted by atomic mass is 10.2. The SMILES string of the molecule is CNCc1cc(F)cc(Oc2ccc(C)cc2[N+](=O)[O-])c1. The number of nitro groups is 1. The second-order valence-electron chi connectivity index (χ2n) is 4.66. The molecule has 0 heterocycles. The molecule has 5 nitrogen and oxygen atoms in total. The second-order valence-corrected chi connectivity index (χ2v) is 4.66. The van der Waals surface area contributed by atoms with Gasteiger partial charge in [0, 0.05) is 18.7 Å². The summed E-state index contributed by atoms with van der Waals surface area (Å²) < 4.78 is 19.0. The van der Waals surface area contributed by atoms with Gasteiger partial charge >= 0.3 is 5.69 Å². The molecular weight excluding hydrogens is 275 g/mol. The molecule has 2 aromatic carbocycles. The maximum atomic E-state index is 13.5. The predicted octanol–water partition coefficient (Wildman–Crippen LogP) is 3.55. The highest BCUT2D eigenvalue weighted by atomic mass is 19.1. The lowest BCUT2D eigenvalue weighted by Gasteiger charge is -2.09. The number of benzene rings is 2. The van der Waals surface area contributed by atoms with Crippen LogP contribution in [0.5, 0.6) is 11.5 Å². The van der Waals surface area contributed by atoms with Crippen LogP contribution in [0.25, 0.3) is 0 Å². The van der Waals surface area contributed by atoms with E-state index in [-0.39, 0.29) is 17.2 Å². The summed E-state index contributed by atoms with van der Waals surface area (Å²) in [6, 6.07) is 8.86. The van der Waals surface area contributed by atoms with Gasteiger partial charge in [-0.1, -0.05) is 6.07 Å². The van der Waals surface area contributed by atoms with Crippen molar-refractivity contribution in [2.45, 2.75) is 13.5 Å². The summed E-state index contributed by atoms with van der Waals surface area (Å²) in [4.78, 5) is 10.5. The highest BCUT2D eigenvalue weighted by molar-refractivity contribution is 5.50. The molecular formula is C15H15FN2O3. The highest BCUT2D eigenvalue weighted by Crippen LogP contribution is 2.32. The number of nitrogens with zero attached hydrogens (tertiary/aromatic N) is 1. The summed E-state index contributed by atoms with van der Waals surface area (Å²) in [5.41, 5.74) is 1.31. The van der Waals surface area contributed by atoms with Crippen molar-refractivity contribution < 1.29 is 14.1 Å². The van der Waals surface area contributed by atoms with E-state index >= 15 is 0 Å². The van der Waals surface area contributed by atoms with Crippen LogP contribution in [0.2, 0.25) is 0 Å². The molecule has 110 valence electrons. The lowest BCUT2D eigenvalue weighted by Crippen LogP contribution is -2.05. The minimum atomic E-state index is -0.518. The van der Waals surface area contributed by atoms with E-state index in [4.69, 9.17) is 4.74 Å². The minimum absolute atomic E-state index is 0.0895. The van der Waals surface area contributed by atoms with Crippen LogP contribution >= 0.6 is 0 Å². The van der Waals surface area contributed by atoms with E-state index < -0.39 is 10.7 Å². The fraction of sp³-hybridized carbons (Fsp3) is 0.200. The molecule has 0 fully saturated rings. The molecule has 1 N–H and O–H groups in total. The first-order valence-corrected chi connectivity index (χ1v) is 6.36. The van der Waals surface area contributed by atoms with E-state index in [0.29, 0.717) is 12.1 Å². The number of rotatable bonds is 5. The Bertz CT molecular complexity index is 674. The van der Waals surface area contributed by atoms with Gasteiger partial charge in [-0.25, -0.2) is 4.39 Å². The summed E-state index contributed by atoms with van der Waals surface area (Å²) in [5, 5.41) is 14.0. The fourth-order valence-electron chi connectivity index (χ4n) is 1.97. The molecule has 0 atom stereocenters. The molecule has 2 aromatic rings. The Kier molecular flexibility index (Phi) is 4.49. The van der Waals surface area contributed by atoms with Crippen molar-refractivity contribution in [3.8, 4) is 11.5 Å². The van der Waals surface area contributed by atoms with Gasteiger partial charge in [0.1, 0.15) is 11.6 Å². The van der Waals surface area contributed by atoms with E-state index in [1.165, 1.54) is 24.3 Å². The molecule has 0 saturated carbocycles. The van der Waals surface area contributed by atoms with Gasteiger partial charge in [-0.05, 0) is 43.3 Å². The zero-order chi connectivity index (χ0) is 15.4. The first-order chi connectivity index (χ1) is 9.99. The zero-order valence-electron chi connectivity index (χ0n) is 11.7. The Morgan fingerprint density at radius 1 is 1.29 bits per heavy atom. The van der Waals surface area contributed by atoms with Crippen LogP contribution in [0.3, 0.4) is 0 Å².